The van der Waals surface area contributed by atoms with E-state index in [-0.39, 0.29) is 18.1 Å². The van der Waals surface area contributed by atoms with Gasteiger partial charge in [0.05, 0.1) is 5.39 Å². The summed E-state index contributed by atoms with van der Waals surface area (Å²) >= 11 is 0. The molecule has 0 saturated carbocycles. The highest BCUT2D eigenvalue weighted by atomic mass is 16.6. The van der Waals surface area contributed by atoms with Gasteiger partial charge in [-0.2, -0.15) is 5.10 Å². The number of aromatic nitrogens is 3. The number of pyridine rings is 1. The van der Waals surface area contributed by atoms with Gasteiger partial charge < -0.3 is 15.7 Å². The number of hydrogen-bond donors (Lipinski definition) is 2. The number of esters is 1. The van der Waals surface area contributed by atoms with Crippen molar-refractivity contribution < 1.29 is 14.7 Å². The van der Waals surface area contributed by atoms with Gasteiger partial charge in [-0.25, -0.2) is 9.67 Å². The summed E-state index contributed by atoms with van der Waals surface area (Å²) in [6.45, 7) is 5.24. The zero-order chi connectivity index (χ0) is 15.6. The maximum absolute atomic E-state index is 11.9. The molecule has 0 amide bonds. The summed E-state index contributed by atoms with van der Waals surface area (Å²) in [6, 6.07) is 3.43. The Hall–Kier alpha value is -2.64. The summed E-state index contributed by atoms with van der Waals surface area (Å²) in [5, 5.41) is 16.5. The van der Waals surface area contributed by atoms with E-state index in [2.05, 4.69) is 15.2 Å². The van der Waals surface area contributed by atoms with Gasteiger partial charge in [-0.05, 0) is 32.9 Å². The van der Waals surface area contributed by atoms with Crippen molar-refractivity contribution in [2.45, 2.75) is 32.9 Å². The number of rotatable bonds is 3. The zero-order valence-corrected chi connectivity index (χ0v) is 12.1. The predicted molar refractivity (Wildman–Crippen MR) is 75.9 cm³/mol. The van der Waals surface area contributed by atoms with E-state index in [4.69, 9.17) is 15.7 Å². The molecule has 8 heteroatoms. The first-order chi connectivity index (χ1) is 9.81. The predicted octanol–water partition coefficient (Wildman–Crippen LogP) is 0.867. The van der Waals surface area contributed by atoms with Crippen LogP contribution in [-0.2, 0) is 16.1 Å². The number of amidine groups is 1. The zero-order valence-electron chi connectivity index (χ0n) is 12.1. The molecule has 21 heavy (non-hydrogen) atoms. The van der Waals surface area contributed by atoms with E-state index in [1.807, 2.05) is 0 Å². The first kappa shape index (κ1) is 14.8. The Morgan fingerprint density at radius 3 is 2.86 bits per heavy atom. The molecule has 0 aliphatic rings. The highest BCUT2D eigenvalue weighted by molar-refractivity contribution is 6.06. The maximum atomic E-state index is 11.9. The van der Waals surface area contributed by atoms with E-state index in [1.165, 1.54) is 4.68 Å². The Morgan fingerprint density at radius 1 is 1.52 bits per heavy atom. The van der Waals surface area contributed by atoms with E-state index < -0.39 is 11.6 Å². The van der Waals surface area contributed by atoms with Crippen molar-refractivity contribution in [1.29, 1.82) is 0 Å². The van der Waals surface area contributed by atoms with Crippen molar-refractivity contribution in [2.75, 3.05) is 0 Å². The summed E-state index contributed by atoms with van der Waals surface area (Å²) < 4.78 is 6.62. The Labute approximate surface area is 121 Å². The molecular weight excluding hydrogens is 274 g/mol. The fourth-order valence-corrected chi connectivity index (χ4v) is 1.85. The number of oxime groups is 1. The van der Waals surface area contributed by atoms with Crippen LogP contribution in [-0.4, -0.2) is 37.4 Å². The molecule has 0 unspecified atom stereocenters. The van der Waals surface area contributed by atoms with Crippen molar-refractivity contribution in [1.82, 2.24) is 14.8 Å². The summed E-state index contributed by atoms with van der Waals surface area (Å²) in [7, 11) is 0. The lowest BCUT2D eigenvalue weighted by Gasteiger charge is -2.19. The molecule has 0 aliphatic heterocycles. The third-order valence-electron chi connectivity index (χ3n) is 2.56. The Balaban J connectivity index is 2.39. The van der Waals surface area contributed by atoms with Gasteiger partial charge in [-0.3, -0.25) is 4.79 Å². The summed E-state index contributed by atoms with van der Waals surface area (Å²) in [6.07, 6.45) is 1.58. The SMILES string of the molecule is CC(C)(C)OC(=O)Cn1nc(/C(N)=N/O)c2cccnc21. The largest absolute Gasteiger partial charge is 0.459 e. The minimum Gasteiger partial charge on any atom is -0.459 e. The van der Waals surface area contributed by atoms with Crippen molar-refractivity contribution in [3.05, 3.63) is 24.0 Å². The van der Waals surface area contributed by atoms with Gasteiger partial charge in [0.15, 0.2) is 11.5 Å². The van der Waals surface area contributed by atoms with Crippen LogP contribution in [0, 0.1) is 0 Å². The van der Waals surface area contributed by atoms with E-state index in [1.54, 1.807) is 39.1 Å². The van der Waals surface area contributed by atoms with Crippen molar-refractivity contribution in [3.8, 4) is 0 Å². The molecule has 2 aromatic rings. The van der Waals surface area contributed by atoms with Crippen LogP contribution in [0.5, 0.6) is 0 Å². The molecule has 2 heterocycles. The molecule has 3 N–H and O–H groups in total. The standard InChI is InChI=1S/C13H17N5O3/c1-13(2,3)21-9(19)7-18-12-8(5-4-6-15-12)10(16-18)11(14)17-20/h4-6,20H,7H2,1-3H3,(H2,14,17). The van der Waals surface area contributed by atoms with Gasteiger partial charge in [0.25, 0.3) is 0 Å². The monoisotopic (exact) mass is 291 g/mol. The number of nitrogens with zero attached hydrogens (tertiary/aromatic N) is 4. The lowest BCUT2D eigenvalue weighted by molar-refractivity contribution is -0.155. The highest BCUT2D eigenvalue weighted by Gasteiger charge is 2.20. The number of carbonyl (C=O) groups excluding carboxylic acids is 1. The van der Waals surface area contributed by atoms with Gasteiger partial charge >= 0.3 is 5.97 Å². The molecule has 0 saturated heterocycles. The number of carbonyl (C=O) groups is 1. The molecule has 0 aliphatic carbocycles. The minimum absolute atomic E-state index is 0.108. The smallest absolute Gasteiger partial charge is 0.328 e. The normalized spacial score (nSPS) is 12.6. The molecule has 0 bridgehead atoms. The molecule has 0 aromatic carbocycles. The van der Waals surface area contributed by atoms with Gasteiger partial charge in [-0.1, -0.05) is 5.16 Å². The van der Waals surface area contributed by atoms with Crippen LogP contribution in [0.4, 0.5) is 0 Å². The molecule has 0 radical (unpaired) electrons. The summed E-state index contributed by atoms with van der Waals surface area (Å²) in [4.78, 5) is 16.1. The van der Waals surface area contributed by atoms with Crippen molar-refractivity contribution >= 4 is 22.8 Å². The van der Waals surface area contributed by atoms with Crippen LogP contribution in [0.25, 0.3) is 11.0 Å². The second kappa shape index (κ2) is 5.39. The average molecular weight is 291 g/mol. The number of ether oxygens (including phenoxy) is 1. The Bertz CT molecular complexity index is 699. The van der Waals surface area contributed by atoms with Crippen LogP contribution in [0.2, 0.25) is 0 Å². The third-order valence-corrected chi connectivity index (χ3v) is 2.56. The first-order valence-corrected chi connectivity index (χ1v) is 6.33. The van der Waals surface area contributed by atoms with Gasteiger partial charge in [0.1, 0.15) is 17.8 Å². The summed E-state index contributed by atoms with van der Waals surface area (Å²) in [5.41, 5.74) is 5.74. The molecule has 8 nitrogen and oxygen atoms in total. The van der Waals surface area contributed by atoms with Crippen LogP contribution in [0.15, 0.2) is 23.5 Å². The van der Waals surface area contributed by atoms with Gasteiger partial charge in [0.2, 0.25) is 0 Å². The Kier molecular flexibility index (Phi) is 3.79. The maximum Gasteiger partial charge on any atom is 0.328 e. The minimum atomic E-state index is -0.581. The van der Waals surface area contributed by atoms with Crippen LogP contribution >= 0.6 is 0 Å². The fraction of sp³-hybridized carbons (Fsp3) is 0.385. The molecule has 112 valence electrons. The quantitative estimate of drug-likeness (QED) is 0.285. The van der Waals surface area contributed by atoms with Gasteiger partial charge in [-0.15, -0.1) is 0 Å². The second-order valence-corrected chi connectivity index (χ2v) is 5.45. The van der Waals surface area contributed by atoms with E-state index in [0.29, 0.717) is 11.0 Å². The summed E-state index contributed by atoms with van der Waals surface area (Å²) in [5.74, 6) is -0.584. The fourth-order valence-electron chi connectivity index (χ4n) is 1.85. The molecule has 2 aromatic heterocycles. The highest BCUT2D eigenvalue weighted by Crippen LogP contribution is 2.16. The molecule has 0 atom stereocenters. The Morgan fingerprint density at radius 2 is 2.24 bits per heavy atom. The number of nitrogens with two attached hydrogens (primary N) is 1. The van der Waals surface area contributed by atoms with E-state index in [0.717, 1.165) is 0 Å². The second-order valence-electron chi connectivity index (χ2n) is 5.45. The number of fused-ring (bicyclic) bond motifs is 1. The van der Waals surface area contributed by atoms with Gasteiger partial charge in [0, 0.05) is 6.20 Å². The topological polar surface area (TPSA) is 116 Å². The van der Waals surface area contributed by atoms with Crippen molar-refractivity contribution in [2.24, 2.45) is 10.9 Å². The lowest BCUT2D eigenvalue weighted by atomic mass is 10.2. The lowest BCUT2D eigenvalue weighted by Crippen LogP contribution is -2.27. The van der Waals surface area contributed by atoms with Crippen LogP contribution in [0.3, 0.4) is 0 Å². The molecule has 2 rings (SSSR count). The molecule has 0 fully saturated rings. The van der Waals surface area contributed by atoms with Crippen LogP contribution < -0.4 is 5.73 Å². The third kappa shape index (κ3) is 3.28. The van der Waals surface area contributed by atoms with E-state index in [9.17, 15) is 4.79 Å². The molecule has 0 spiro atoms. The van der Waals surface area contributed by atoms with Crippen LogP contribution in [0.1, 0.15) is 26.5 Å². The average Bonchev–Trinajstić information content (AvgIpc) is 2.75. The molecular formula is C13H17N5O3. The first-order valence-electron chi connectivity index (χ1n) is 6.33. The van der Waals surface area contributed by atoms with E-state index >= 15 is 0 Å². The van der Waals surface area contributed by atoms with Crippen molar-refractivity contribution in [3.63, 3.8) is 0 Å². The number of hydrogen-bond acceptors (Lipinski definition) is 6.